The molecule has 0 saturated carbocycles. The zero-order valence-corrected chi connectivity index (χ0v) is 15.5. The summed E-state index contributed by atoms with van der Waals surface area (Å²) in [7, 11) is 0. The molecule has 4 rings (SSSR count). The van der Waals surface area contributed by atoms with E-state index in [0.717, 1.165) is 18.0 Å². The largest absolute Gasteiger partial charge is 0.342 e. The highest BCUT2D eigenvalue weighted by Crippen LogP contribution is 2.21. The van der Waals surface area contributed by atoms with E-state index in [1.165, 1.54) is 12.1 Å². The second kappa shape index (κ2) is 8.59. The van der Waals surface area contributed by atoms with Crippen molar-refractivity contribution in [3.63, 3.8) is 0 Å². The second-order valence-corrected chi connectivity index (χ2v) is 6.42. The minimum atomic E-state index is -0.886. The summed E-state index contributed by atoms with van der Waals surface area (Å²) >= 11 is 5.62. The molecule has 2 heterocycles. The number of nitrogens with one attached hydrogen (secondary N) is 2. The SMILES string of the molecule is NCCc1nc2cc(Cl)c(F)cc2[nH]1.NCCc1nc2cc(F)c(F)cc2[nH]1. The Hall–Kier alpha value is -2.62. The molecule has 6 N–H and O–H groups in total. The first-order chi connectivity index (χ1) is 13.4. The van der Waals surface area contributed by atoms with Crippen LogP contribution in [0, 0.1) is 17.5 Å². The van der Waals surface area contributed by atoms with Gasteiger partial charge in [0.1, 0.15) is 17.5 Å². The van der Waals surface area contributed by atoms with E-state index in [4.69, 9.17) is 23.1 Å². The number of rotatable bonds is 4. The monoisotopic (exact) mass is 410 g/mol. The van der Waals surface area contributed by atoms with Gasteiger partial charge in [-0.15, -0.1) is 0 Å². The summed E-state index contributed by atoms with van der Waals surface area (Å²) in [5.74, 6) is -0.803. The Labute approximate surface area is 163 Å². The van der Waals surface area contributed by atoms with Gasteiger partial charge in [-0.05, 0) is 19.2 Å². The number of hydrogen-bond donors (Lipinski definition) is 4. The Morgan fingerprint density at radius 2 is 1.21 bits per heavy atom. The molecule has 0 radical (unpaired) electrons. The molecule has 0 fully saturated rings. The van der Waals surface area contributed by atoms with Gasteiger partial charge in [-0.25, -0.2) is 23.1 Å². The Morgan fingerprint density at radius 3 is 1.75 bits per heavy atom. The number of benzene rings is 2. The van der Waals surface area contributed by atoms with Crippen molar-refractivity contribution in [3.05, 3.63) is 58.4 Å². The lowest BCUT2D eigenvalue weighted by atomic mass is 10.3. The van der Waals surface area contributed by atoms with Gasteiger partial charge < -0.3 is 21.4 Å². The first kappa shape index (κ1) is 20.1. The summed E-state index contributed by atoms with van der Waals surface area (Å²) in [6, 6.07) is 5.01. The molecule has 2 aromatic heterocycles. The van der Waals surface area contributed by atoms with E-state index in [1.807, 2.05) is 0 Å². The minimum Gasteiger partial charge on any atom is -0.342 e. The fourth-order valence-electron chi connectivity index (χ4n) is 2.63. The molecule has 0 atom stereocenters. The number of H-pyrrole nitrogens is 2. The smallest absolute Gasteiger partial charge is 0.161 e. The second-order valence-electron chi connectivity index (χ2n) is 6.01. The standard InChI is InChI=1S/C9H9ClFN3.C9H9F2N3/c2*10-5-3-7-8(4-6(5)11)14-9(13-7)1-2-12/h2*3-4H,1-2,12H2,(H,13,14). The summed E-state index contributed by atoms with van der Waals surface area (Å²) in [6.07, 6.45) is 1.21. The maximum Gasteiger partial charge on any atom is 0.161 e. The van der Waals surface area contributed by atoms with Crippen molar-refractivity contribution in [1.82, 2.24) is 19.9 Å². The Balaban J connectivity index is 0.000000161. The molecule has 28 heavy (non-hydrogen) atoms. The quantitative estimate of drug-likeness (QED) is 0.414. The molecule has 10 heteroatoms. The van der Waals surface area contributed by atoms with Crippen LogP contribution in [0.4, 0.5) is 13.2 Å². The lowest BCUT2D eigenvalue weighted by Crippen LogP contribution is -2.03. The third kappa shape index (κ3) is 4.44. The van der Waals surface area contributed by atoms with Crippen molar-refractivity contribution in [1.29, 1.82) is 0 Å². The Bertz CT molecular complexity index is 942. The average Bonchev–Trinajstić information content (AvgIpc) is 3.20. The predicted octanol–water partition coefficient (Wildman–Crippen LogP) is 3.20. The highest BCUT2D eigenvalue weighted by molar-refractivity contribution is 6.31. The van der Waals surface area contributed by atoms with Gasteiger partial charge in [-0.2, -0.15) is 0 Å². The van der Waals surface area contributed by atoms with E-state index >= 15 is 0 Å². The molecule has 0 spiro atoms. The van der Waals surface area contributed by atoms with Crippen molar-refractivity contribution in [2.24, 2.45) is 11.5 Å². The molecule has 0 saturated heterocycles. The summed E-state index contributed by atoms with van der Waals surface area (Å²) in [5.41, 5.74) is 12.9. The van der Waals surface area contributed by atoms with Crippen LogP contribution in [0.2, 0.25) is 5.02 Å². The van der Waals surface area contributed by atoms with E-state index in [9.17, 15) is 13.2 Å². The zero-order chi connectivity index (χ0) is 20.3. The number of halogens is 4. The summed E-state index contributed by atoms with van der Waals surface area (Å²) in [4.78, 5) is 14.1. The molecule has 2 aromatic carbocycles. The third-order valence-corrected chi connectivity index (χ3v) is 4.20. The van der Waals surface area contributed by atoms with Crippen molar-refractivity contribution in [2.45, 2.75) is 12.8 Å². The topological polar surface area (TPSA) is 109 Å². The van der Waals surface area contributed by atoms with Crippen molar-refractivity contribution < 1.29 is 13.2 Å². The molecule has 0 bridgehead atoms. The summed E-state index contributed by atoms with van der Waals surface area (Å²) in [5, 5.41) is 0.0864. The summed E-state index contributed by atoms with van der Waals surface area (Å²) in [6.45, 7) is 0.959. The maximum absolute atomic E-state index is 13.0. The van der Waals surface area contributed by atoms with Crippen LogP contribution in [0.5, 0.6) is 0 Å². The fraction of sp³-hybridized carbons (Fsp3) is 0.222. The third-order valence-electron chi connectivity index (χ3n) is 3.91. The van der Waals surface area contributed by atoms with Crippen LogP contribution in [0.25, 0.3) is 22.1 Å². The molecule has 0 aliphatic heterocycles. The fourth-order valence-corrected chi connectivity index (χ4v) is 2.78. The van der Waals surface area contributed by atoms with Gasteiger partial charge in [0.05, 0.1) is 27.1 Å². The van der Waals surface area contributed by atoms with Gasteiger partial charge in [0, 0.05) is 31.0 Å². The van der Waals surface area contributed by atoms with Crippen LogP contribution < -0.4 is 11.5 Å². The van der Waals surface area contributed by atoms with Crippen molar-refractivity contribution >= 4 is 33.7 Å². The zero-order valence-electron chi connectivity index (χ0n) is 14.7. The Morgan fingerprint density at radius 1 is 0.750 bits per heavy atom. The molecule has 148 valence electrons. The number of imidazole rings is 2. The van der Waals surface area contributed by atoms with Gasteiger partial charge >= 0.3 is 0 Å². The number of nitrogens with zero attached hydrogens (tertiary/aromatic N) is 2. The number of aromatic amines is 2. The molecule has 4 aromatic rings. The normalized spacial score (nSPS) is 11.1. The first-order valence-corrected chi connectivity index (χ1v) is 8.86. The van der Waals surface area contributed by atoms with E-state index in [-0.39, 0.29) is 5.02 Å². The highest BCUT2D eigenvalue weighted by Gasteiger charge is 2.08. The predicted molar refractivity (Wildman–Crippen MR) is 103 cm³/mol. The maximum atomic E-state index is 13.0. The van der Waals surface area contributed by atoms with Crippen LogP contribution in [0.3, 0.4) is 0 Å². The van der Waals surface area contributed by atoms with E-state index < -0.39 is 17.5 Å². The number of fused-ring (bicyclic) bond motifs is 2. The molecule has 6 nitrogen and oxygen atoms in total. The van der Waals surface area contributed by atoms with Crippen molar-refractivity contribution in [2.75, 3.05) is 13.1 Å². The van der Waals surface area contributed by atoms with Gasteiger partial charge in [-0.1, -0.05) is 11.6 Å². The van der Waals surface area contributed by atoms with Gasteiger partial charge in [0.15, 0.2) is 11.6 Å². The van der Waals surface area contributed by atoms with Crippen LogP contribution >= 0.6 is 11.6 Å². The van der Waals surface area contributed by atoms with Gasteiger partial charge in [-0.3, -0.25) is 0 Å². The number of nitrogens with two attached hydrogens (primary N) is 2. The van der Waals surface area contributed by atoms with E-state index in [1.54, 1.807) is 0 Å². The Kier molecular flexibility index (Phi) is 6.18. The number of hydrogen-bond acceptors (Lipinski definition) is 4. The molecule has 0 amide bonds. The molecular formula is C18H18ClF3N6. The van der Waals surface area contributed by atoms with Crippen LogP contribution in [-0.4, -0.2) is 33.0 Å². The molecule has 0 unspecified atom stereocenters. The molecule has 0 aliphatic rings. The van der Waals surface area contributed by atoms with Crippen LogP contribution in [-0.2, 0) is 12.8 Å². The van der Waals surface area contributed by atoms with Gasteiger partial charge in [0.25, 0.3) is 0 Å². The molecule has 0 aliphatic carbocycles. The van der Waals surface area contributed by atoms with E-state index in [0.29, 0.717) is 53.8 Å². The van der Waals surface area contributed by atoms with Crippen LogP contribution in [0.1, 0.15) is 11.6 Å². The average molecular weight is 411 g/mol. The lowest BCUT2D eigenvalue weighted by Gasteiger charge is -1.91. The van der Waals surface area contributed by atoms with Crippen LogP contribution in [0.15, 0.2) is 24.3 Å². The van der Waals surface area contributed by atoms with Gasteiger partial charge in [0.2, 0.25) is 0 Å². The number of aromatic nitrogens is 4. The first-order valence-electron chi connectivity index (χ1n) is 8.48. The minimum absolute atomic E-state index is 0.0864. The lowest BCUT2D eigenvalue weighted by molar-refractivity contribution is 0.510. The van der Waals surface area contributed by atoms with Crippen molar-refractivity contribution in [3.8, 4) is 0 Å². The summed E-state index contributed by atoms with van der Waals surface area (Å²) < 4.78 is 38.6. The van der Waals surface area contributed by atoms with E-state index in [2.05, 4.69) is 19.9 Å². The highest BCUT2D eigenvalue weighted by atomic mass is 35.5. The molecular weight excluding hydrogens is 393 g/mol.